The van der Waals surface area contributed by atoms with E-state index in [2.05, 4.69) is 34.6 Å². The van der Waals surface area contributed by atoms with Crippen molar-refractivity contribution in [3.8, 4) is 0 Å². The minimum Gasteiger partial charge on any atom is -0.415 e. The maximum absolute atomic E-state index is 12.5. The van der Waals surface area contributed by atoms with Crippen LogP contribution in [0.2, 0.25) is 0 Å². The number of benzene rings is 1. The summed E-state index contributed by atoms with van der Waals surface area (Å²) in [7, 11) is 0. The number of nitrogens with one attached hydrogen (secondary N) is 1. The molecule has 2 aromatic rings. The molecule has 154 valence electrons. The molecule has 4 fully saturated rings. The molecule has 1 atom stereocenters. The zero-order valence-corrected chi connectivity index (χ0v) is 18.0. The van der Waals surface area contributed by atoms with Crippen molar-refractivity contribution < 1.29 is 9.21 Å². The van der Waals surface area contributed by atoms with Gasteiger partial charge in [-0.3, -0.25) is 4.79 Å². The summed E-state index contributed by atoms with van der Waals surface area (Å²) in [5.41, 5.74) is 2.43. The second-order valence-corrected chi connectivity index (χ2v) is 10.8. The summed E-state index contributed by atoms with van der Waals surface area (Å²) in [6.07, 6.45) is 7.81. The second kappa shape index (κ2) is 7.46. The van der Waals surface area contributed by atoms with Crippen molar-refractivity contribution in [2.45, 2.75) is 74.8 Å². The highest BCUT2D eigenvalue weighted by Gasteiger charge is 2.54. The third-order valence-electron chi connectivity index (χ3n) is 7.13. The van der Waals surface area contributed by atoms with Crippen molar-refractivity contribution >= 4 is 17.7 Å². The predicted octanol–water partition coefficient (Wildman–Crippen LogP) is 4.64. The minimum absolute atomic E-state index is 0.00914. The fourth-order valence-corrected chi connectivity index (χ4v) is 6.80. The van der Waals surface area contributed by atoms with E-state index in [0.717, 1.165) is 29.2 Å². The van der Waals surface area contributed by atoms with Gasteiger partial charge >= 0.3 is 0 Å². The van der Waals surface area contributed by atoms with Crippen molar-refractivity contribution in [3.63, 3.8) is 0 Å². The van der Waals surface area contributed by atoms with Gasteiger partial charge in [0.25, 0.3) is 5.22 Å². The SMILES string of the molecule is Cc1ccc(CNC(=O)[C@@H](C)Sc2nnc(C34CC5CC(CC(C5)C3)C4)o2)cc1. The standard InChI is InChI=1S/C23H29N3O2S/c1-14-3-5-16(6-4-14)13-24-20(27)15(2)29-22-26-25-21(28-22)23-10-17-7-18(11-23)9-19(8-17)12-23/h3-6,15,17-19H,7-13H2,1-2H3,(H,24,27)/t15-,17?,18?,19?,23?/m1/s1. The molecule has 4 saturated carbocycles. The molecule has 6 heteroatoms. The van der Waals surface area contributed by atoms with Crippen molar-refractivity contribution in [2.24, 2.45) is 17.8 Å². The quantitative estimate of drug-likeness (QED) is 0.701. The number of carbonyl (C=O) groups excluding carboxylic acids is 1. The molecule has 4 bridgehead atoms. The van der Waals surface area contributed by atoms with Crippen LogP contribution in [0.25, 0.3) is 0 Å². The third-order valence-corrected chi connectivity index (χ3v) is 8.07. The van der Waals surface area contributed by atoms with E-state index in [1.54, 1.807) is 0 Å². The number of rotatable bonds is 6. The van der Waals surface area contributed by atoms with Crippen molar-refractivity contribution in [1.29, 1.82) is 0 Å². The van der Waals surface area contributed by atoms with E-state index in [1.165, 1.54) is 55.9 Å². The van der Waals surface area contributed by atoms with Gasteiger partial charge < -0.3 is 9.73 Å². The first-order valence-electron chi connectivity index (χ1n) is 10.8. The highest BCUT2D eigenvalue weighted by atomic mass is 32.2. The molecule has 1 heterocycles. The Bertz CT molecular complexity index is 856. The first-order chi connectivity index (χ1) is 14.0. The van der Waals surface area contributed by atoms with Gasteiger partial charge in [-0.2, -0.15) is 0 Å². The first-order valence-corrected chi connectivity index (χ1v) is 11.7. The van der Waals surface area contributed by atoms with E-state index in [0.29, 0.717) is 11.8 Å². The van der Waals surface area contributed by atoms with Crippen LogP contribution in [0.5, 0.6) is 0 Å². The molecule has 0 aliphatic heterocycles. The Balaban J connectivity index is 1.20. The van der Waals surface area contributed by atoms with E-state index >= 15 is 0 Å². The smallest absolute Gasteiger partial charge is 0.277 e. The summed E-state index contributed by atoms with van der Waals surface area (Å²) in [6.45, 7) is 4.49. The van der Waals surface area contributed by atoms with Crippen LogP contribution in [-0.4, -0.2) is 21.4 Å². The molecule has 1 aromatic carbocycles. The molecule has 0 radical (unpaired) electrons. The lowest BCUT2D eigenvalue weighted by atomic mass is 9.49. The largest absolute Gasteiger partial charge is 0.415 e. The fraction of sp³-hybridized carbons (Fsp3) is 0.609. The van der Waals surface area contributed by atoms with Gasteiger partial charge in [-0.15, -0.1) is 10.2 Å². The van der Waals surface area contributed by atoms with Gasteiger partial charge in [0, 0.05) is 12.0 Å². The van der Waals surface area contributed by atoms with E-state index in [9.17, 15) is 4.79 Å². The molecule has 1 N–H and O–H groups in total. The van der Waals surface area contributed by atoms with Gasteiger partial charge in [0.2, 0.25) is 11.8 Å². The number of hydrogen-bond acceptors (Lipinski definition) is 5. The maximum atomic E-state index is 12.5. The molecule has 0 spiro atoms. The summed E-state index contributed by atoms with van der Waals surface area (Å²) in [5, 5.41) is 12.0. The van der Waals surface area contributed by atoms with Crippen LogP contribution >= 0.6 is 11.8 Å². The van der Waals surface area contributed by atoms with Gasteiger partial charge in [-0.05, 0) is 75.7 Å². The number of hydrogen-bond donors (Lipinski definition) is 1. The Labute approximate surface area is 176 Å². The number of thioether (sulfide) groups is 1. The molecule has 0 unspecified atom stereocenters. The molecule has 29 heavy (non-hydrogen) atoms. The van der Waals surface area contributed by atoms with Crippen LogP contribution in [0.3, 0.4) is 0 Å². The number of amides is 1. The lowest BCUT2D eigenvalue weighted by Crippen LogP contribution is -2.48. The average Bonchev–Trinajstić information content (AvgIpc) is 3.15. The molecule has 1 aromatic heterocycles. The van der Waals surface area contributed by atoms with Crippen molar-refractivity contribution in [1.82, 2.24) is 15.5 Å². The fourth-order valence-electron chi connectivity index (χ4n) is 6.09. The van der Waals surface area contributed by atoms with E-state index < -0.39 is 0 Å². The number of nitrogens with zero attached hydrogens (tertiary/aromatic N) is 2. The lowest BCUT2D eigenvalue weighted by Gasteiger charge is -2.55. The highest BCUT2D eigenvalue weighted by molar-refractivity contribution is 8.00. The highest BCUT2D eigenvalue weighted by Crippen LogP contribution is 2.60. The normalized spacial score (nSPS) is 31.0. The van der Waals surface area contributed by atoms with Crippen LogP contribution < -0.4 is 5.32 Å². The Morgan fingerprint density at radius 2 is 1.76 bits per heavy atom. The third kappa shape index (κ3) is 3.83. The van der Waals surface area contributed by atoms with Crippen LogP contribution in [0.4, 0.5) is 0 Å². The topological polar surface area (TPSA) is 68.0 Å². The number of carbonyl (C=O) groups is 1. The van der Waals surface area contributed by atoms with Gasteiger partial charge in [-0.25, -0.2) is 0 Å². The first kappa shape index (κ1) is 19.2. The molecule has 4 aliphatic rings. The van der Waals surface area contributed by atoms with Crippen LogP contribution in [-0.2, 0) is 16.8 Å². The summed E-state index contributed by atoms with van der Waals surface area (Å²) >= 11 is 1.36. The summed E-state index contributed by atoms with van der Waals surface area (Å²) in [4.78, 5) is 12.5. The monoisotopic (exact) mass is 411 g/mol. The number of aromatic nitrogens is 2. The molecule has 0 saturated heterocycles. The van der Waals surface area contributed by atoms with Gasteiger partial charge in [0.1, 0.15) is 0 Å². The second-order valence-electron chi connectivity index (χ2n) is 9.53. The Hall–Kier alpha value is -1.82. The maximum Gasteiger partial charge on any atom is 0.277 e. The van der Waals surface area contributed by atoms with Crippen LogP contribution in [0.15, 0.2) is 33.9 Å². The summed E-state index contributed by atoms with van der Waals surface area (Å²) < 4.78 is 6.13. The van der Waals surface area contributed by atoms with E-state index in [1.807, 2.05) is 19.1 Å². The zero-order chi connectivity index (χ0) is 20.0. The predicted molar refractivity (Wildman–Crippen MR) is 112 cm³/mol. The summed E-state index contributed by atoms with van der Waals surface area (Å²) in [6, 6.07) is 8.21. The minimum atomic E-state index is -0.273. The Kier molecular flexibility index (Phi) is 4.93. The molecular formula is C23H29N3O2S. The molecule has 5 nitrogen and oxygen atoms in total. The molecular weight excluding hydrogens is 382 g/mol. The Morgan fingerprint density at radius 1 is 1.14 bits per heavy atom. The van der Waals surface area contributed by atoms with Crippen molar-refractivity contribution in [2.75, 3.05) is 0 Å². The molecule has 4 aliphatic carbocycles. The van der Waals surface area contributed by atoms with Gasteiger partial charge in [0.05, 0.1) is 5.25 Å². The van der Waals surface area contributed by atoms with Crippen LogP contribution in [0, 0.1) is 24.7 Å². The van der Waals surface area contributed by atoms with Gasteiger partial charge in [0.15, 0.2) is 0 Å². The van der Waals surface area contributed by atoms with E-state index in [4.69, 9.17) is 4.42 Å². The zero-order valence-electron chi connectivity index (χ0n) is 17.2. The van der Waals surface area contributed by atoms with Crippen LogP contribution in [0.1, 0.15) is 62.5 Å². The number of aryl methyl sites for hydroxylation is 1. The van der Waals surface area contributed by atoms with Crippen molar-refractivity contribution in [3.05, 3.63) is 41.3 Å². The molecule has 1 amide bonds. The average molecular weight is 412 g/mol. The van der Waals surface area contributed by atoms with E-state index in [-0.39, 0.29) is 16.6 Å². The summed E-state index contributed by atoms with van der Waals surface area (Å²) in [5.74, 6) is 3.35. The van der Waals surface area contributed by atoms with Gasteiger partial charge in [-0.1, -0.05) is 41.6 Å². The molecule has 6 rings (SSSR count). The lowest BCUT2D eigenvalue weighted by molar-refractivity contribution is -0.120. The Morgan fingerprint density at radius 3 is 2.38 bits per heavy atom.